The minimum absolute atomic E-state index is 0.0440. The number of anilines is 1. The van der Waals surface area contributed by atoms with E-state index in [1.165, 1.54) is 0 Å². The first-order chi connectivity index (χ1) is 12.5. The van der Waals surface area contributed by atoms with E-state index in [0.29, 0.717) is 30.2 Å². The smallest absolute Gasteiger partial charge is 0.255 e. The van der Waals surface area contributed by atoms with Crippen LogP contribution in [0.15, 0.2) is 48.5 Å². The van der Waals surface area contributed by atoms with Gasteiger partial charge in [-0.2, -0.15) is 0 Å². The van der Waals surface area contributed by atoms with Crippen molar-refractivity contribution in [3.8, 4) is 5.75 Å². The lowest BCUT2D eigenvalue weighted by molar-refractivity contribution is -0.119. The lowest BCUT2D eigenvalue weighted by Crippen LogP contribution is -2.19. The Morgan fingerprint density at radius 3 is 2.23 bits per heavy atom. The first kappa shape index (κ1) is 19.5. The van der Waals surface area contributed by atoms with Crippen LogP contribution in [0.4, 0.5) is 5.69 Å². The maximum absolute atomic E-state index is 12.3. The molecular weight excluding hydrogens is 328 g/mol. The minimum atomic E-state index is -0.183. The average Bonchev–Trinajstić information content (AvgIpc) is 2.63. The summed E-state index contributed by atoms with van der Waals surface area (Å²) in [4.78, 5) is 23.7. The predicted molar refractivity (Wildman–Crippen MR) is 104 cm³/mol. The Kier molecular flexibility index (Phi) is 7.21. The zero-order valence-corrected chi connectivity index (χ0v) is 15.5. The summed E-state index contributed by atoms with van der Waals surface area (Å²) in [6.45, 7) is 4.98. The van der Waals surface area contributed by atoms with Crippen LogP contribution < -0.4 is 15.4 Å². The van der Waals surface area contributed by atoms with Crippen molar-refractivity contribution in [1.29, 1.82) is 0 Å². The van der Waals surface area contributed by atoms with Gasteiger partial charge in [-0.1, -0.05) is 26.0 Å². The fourth-order valence-electron chi connectivity index (χ4n) is 2.30. The molecule has 5 heteroatoms. The van der Waals surface area contributed by atoms with Gasteiger partial charge in [0.1, 0.15) is 5.75 Å². The van der Waals surface area contributed by atoms with Gasteiger partial charge in [0.05, 0.1) is 13.0 Å². The molecule has 2 N–H and O–H groups in total. The second-order valence-corrected chi connectivity index (χ2v) is 6.56. The molecule has 2 aromatic rings. The number of carbonyl (C=O) groups excluding carboxylic acids is 2. The molecule has 0 saturated heterocycles. The van der Waals surface area contributed by atoms with Gasteiger partial charge in [-0.05, 0) is 54.3 Å². The Hall–Kier alpha value is -2.82. The number of benzene rings is 2. The van der Waals surface area contributed by atoms with Crippen LogP contribution in [0.2, 0.25) is 0 Å². The first-order valence-corrected chi connectivity index (χ1v) is 8.81. The second-order valence-electron chi connectivity index (χ2n) is 6.56. The summed E-state index contributed by atoms with van der Waals surface area (Å²) >= 11 is 0. The maximum Gasteiger partial charge on any atom is 0.255 e. The highest BCUT2D eigenvalue weighted by molar-refractivity contribution is 6.04. The van der Waals surface area contributed by atoms with Gasteiger partial charge in [-0.15, -0.1) is 0 Å². The molecule has 2 aromatic carbocycles. The van der Waals surface area contributed by atoms with Gasteiger partial charge in [0, 0.05) is 18.3 Å². The maximum atomic E-state index is 12.3. The average molecular weight is 354 g/mol. The summed E-state index contributed by atoms with van der Waals surface area (Å²) < 4.78 is 5.66. The van der Waals surface area contributed by atoms with E-state index in [4.69, 9.17) is 4.74 Å². The summed E-state index contributed by atoms with van der Waals surface area (Å²) in [6.07, 6.45) is 1.32. The highest BCUT2D eigenvalue weighted by Crippen LogP contribution is 2.16. The van der Waals surface area contributed by atoms with E-state index in [1.54, 1.807) is 31.3 Å². The molecule has 0 aliphatic rings. The second kappa shape index (κ2) is 9.61. The van der Waals surface area contributed by atoms with Crippen LogP contribution in [0.5, 0.6) is 5.75 Å². The van der Waals surface area contributed by atoms with Crippen molar-refractivity contribution >= 4 is 17.5 Å². The molecule has 0 heterocycles. The predicted octanol–water partition coefficient (Wildman–Crippen LogP) is 3.65. The number of rotatable bonds is 8. The molecular formula is C21H26N2O3. The van der Waals surface area contributed by atoms with E-state index in [1.807, 2.05) is 24.3 Å². The van der Waals surface area contributed by atoms with Crippen LogP contribution in [-0.4, -0.2) is 25.5 Å². The van der Waals surface area contributed by atoms with Crippen LogP contribution in [0.1, 0.15) is 36.2 Å². The van der Waals surface area contributed by atoms with Crippen molar-refractivity contribution in [1.82, 2.24) is 5.32 Å². The Balaban J connectivity index is 1.89. The van der Waals surface area contributed by atoms with Gasteiger partial charge in [-0.25, -0.2) is 0 Å². The van der Waals surface area contributed by atoms with Crippen LogP contribution in [0.3, 0.4) is 0 Å². The summed E-state index contributed by atoms with van der Waals surface area (Å²) in [5.74, 6) is 1.14. The zero-order valence-electron chi connectivity index (χ0n) is 15.5. The van der Waals surface area contributed by atoms with E-state index >= 15 is 0 Å². The third-order valence-electron chi connectivity index (χ3n) is 3.94. The summed E-state index contributed by atoms with van der Waals surface area (Å²) in [6, 6.07) is 14.4. The van der Waals surface area contributed by atoms with Crippen molar-refractivity contribution in [3.05, 3.63) is 59.7 Å². The molecule has 0 spiro atoms. The number of likely N-dealkylation sites (N-methyl/N-ethyl adjacent to an activating group) is 1. The van der Waals surface area contributed by atoms with E-state index in [-0.39, 0.29) is 11.8 Å². The number of hydrogen-bond acceptors (Lipinski definition) is 3. The van der Waals surface area contributed by atoms with Crippen molar-refractivity contribution < 1.29 is 14.3 Å². The molecule has 0 unspecified atom stereocenters. The minimum Gasteiger partial charge on any atom is -0.494 e. The van der Waals surface area contributed by atoms with Crippen LogP contribution in [-0.2, 0) is 11.2 Å². The van der Waals surface area contributed by atoms with E-state index in [2.05, 4.69) is 24.5 Å². The molecule has 0 atom stereocenters. The number of amides is 2. The third kappa shape index (κ3) is 6.24. The van der Waals surface area contributed by atoms with Gasteiger partial charge in [-0.3, -0.25) is 9.59 Å². The molecule has 0 aliphatic heterocycles. The van der Waals surface area contributed by atoms with E-state index in [9.17, 15) is 9.59 Å². The molecule has 0 aliphatic carbocycles. The molecule has 0 fully saturated rings. The number of hydrogen-bond donors (Lipinski definition) is 2. The van der Waals surface area contributed by atoms with Crippen LogP contribution in [0.25, 0.3) is 0 Å². The lowest BCUT2D eigenvalue weighted by atomic mass is 10.1. The Bertz CT molecular complexity index is 722. The third-order valence-corrected chi connectivity index (χ3v) is 3.94. The Morgan fingerprint density at radius 1 is 1.00 bits per heavy atom. The SMILES string of the molecule is CNC(=O)Cc1ccc(NC(=O)c2ccc(OCCC(C)C)cc2)cc1. The Labute approximate surface area is 154 Å². The van der Waals surface area contributed by atoms with Gasteiger partial charge in [0.25, 0.3) is 5.91 Å². The molecule has 0 radical (unpaired) electrons. The van der Waals surface area contributed by atoms with E-state index < -0.39 is 0 Å². The van der Waals surface area contributed by atoms with Crippen LogP contribution >= 0.6 is 0 Å². The molecule has 2 rings (SSSR count). The standard InChI is InChI=1S/C21H26N2O3/c1-15(2)12-13-26-19-10-6-17(7-11-19)21(25)23-18-8-4-16(5-9-18)14-20(24)22-3/h4-11,15H,12-14H2,1-3H3,(H,22,24)(H,23,25). The van der Waals surface area contributed by atoms with Gasteiger partial charge in [0.2, 0.25) is 5.91 Å². The largest absolute Gasteiger partial charge is 0.494 e. The topological polar surface area (TPSA) is 67.4 Å². The highest BCUT2D eigenvalue weighted by atomic mass is 16.5. The van der Waals surface area contributed by atoms with Gasteiger partial charge in [0.15, 0.2) is 0 Å². The molecule has 5 nitrogen and oxygen atoms in total. The molecule has 138 valence electrons. The van der Waals surface area contributed by atoms with Crippen molar-refractivity contribution in [2.45, 2.75) is 26.7 Å². The number of nitrogens with one attached hydrogen (secondary N) is 2. The fourth-order valence-corrected chi connectivity index (χ4v) is 2.30. The van der Waals surface area contributed by atoms with Gasteiger partial charge >= 0.3 is 0 Å². The summed E-state index contributed by atoms with van der Waals surface area (Å²) in [5, 5.41) is 5.44. The summed E-state index contributed by atoms with van der Waals surface area (Å²) in [5.41, 5.74) is 2.15. The fraction of sp³-hybridized carbons (Fsp3) is 0.333. The van der Waals surface area contributed by atoms with Crippen molar-refractivity contribution in [2.24, 2.45) is 5.92 Å². The highest BCUT2D eigenvalue weighted by Gasteiger charge is 2.07. The first-order valence-electron chi connectivity index (χ1n) is 8.81. The van der Waals surface area contributed by atoms with Gasteiger partial charge < -0.3 is 15.4 Å². The quantitative estimate of drug-likeness (QED) is 0.760. The van der Waals surface area contributed by atoms with E-state index in [0.717, 1.165) is 17.7 Å². The molecule has 0 saturated carbocycles. The number of ether oxygens (including phenoxy) is 1. The normalized spacial score (nSPS) is 10.5. The molecule has 2 amide bonds. The summed E-state index contributed by atoms with van der Waals surface area (Å²) in [7, 11) is 1.61. The molecule has 0 bridgehead atoms. The van der Waals surface area contributed by atoms with Crippen molar-refractivity contribution in [3.63, 3.8) is 0 Å². The zero-order chi connectivity index (χ0) is 18.9. The number of carbonyl (C=O) groups is 2. The molecule has 26 heavy (non-hydrogen) atoms. The monoisotopic (exact) mass is 354 g/mol. The van der Waals surface area contributed by atoms with Crippen LogP contribution in [0, 0.1) is 5.92 Å². The lowest BCUT2D eigenvalue weighted by Gasteiger charge is -2.09. The molecule has 0 aromatic heterocycles. The Morgan fingerprint density at radius 2 is 1.65 bits per heavy atom. The van der Waals surface area contributed by atoms with Crippen molar-refractivity contribution in [2.75, 3.05) is 19.0 Å².